The molecule has 0 aliphatic carbocycles. The molecule has 2 aromatic carbocycles. The van der Waals surface area contributed by atoms with Crippen molar-refractivity contribution in [3.05, 3.63) is 61.5 Å². The number of benzene rings is 2. The summed E-state index contributed by atoms with van der Waals surface area (Å²) < 4.78 is 7.51. The van der Waals surface area contributed by atoms with Crippen molar-refractivity contribution in [2.24, 2.45) is 0 Å². The zero-order chi connectivity index (χ0) is 14.9. The van der Waals surface area contributed by atoms with E-state index in [0.717, 1.165) is 31.4 Å². The van der Waals surface area contributed by atoms with E-state index in [1.54, 1.807) is 7.11 Å². The summed E-state index contributed by atoms with van der Waals surface area (Å²) in [5.41, 5.74) is 4.30. The average molecular weight is 419 g/mol. The SMILES string of the molecule is COc1cc(C)c(Br)cc1C(Cl)c1cc(C)ccc1Br. The van der Waals surface area contributed by atoms with Crippen LogP contribution in [0.5, 0.6) is 5.75 Å². The lowest BCUT2D eigenvalue weighted by Crippen LogP contribution is -2.00. The summed E-state index contributed by atoms with van der Waals surface area (Å²) in [6.45, 7) is 4.09. The van der Waals surface area contributed by atoms with Gasteiger partial charge < -0.3 is 4.74 Å². The Morgan fingerprint density at radius 2 is 1.70 bits per heavy atom. The molecule has 0 spiro atoms. The van der Waals surface area contributed by atoms with Gasteiger partial charge in [-0.05, 0) is 43.2 Å². The largest absolute Gasteiger partial charge is 0.496 e. The van der Waals surface area contributed by atoms with Crippen LogP contribution >= 0.6 is 43.5 Å². The van der Waals surface area contributed by atoms with Crippen LogP contribution in [-0.4, -0.2) is 7.11 Å². The molecule has 2 aromatic rings. The first-order valence-corrected chi connectivity index (χ1v) is 8.20. The third-order valence-corrected chi connectivity index (χ3v) is 5.26. The normalized spacial score (nSPS) is 12.3. The number of hydrogen-bond donors (Lipinski definition) is 0. The maximum Gasteiger partial charge on any atom is 0.124 e. The number of aryl methyl sites for hydroxylation is 2. The fourth-order valence-corrected chi connectivity index (χ4v) is 3.39. The molecule has 20 heavy (non-hydrogen) atoms. The number of rotatable bonds is 3. The fourth-order valence-electron chi connectivity index (χ4n) is 2.07. The molecule has 0 fully saturated rings. The van der Waals surface area contributed by atoms with Gasteiger partial charge in [-0.25, -0.2) is 0 Å². The lowest BCUT2D eigenvalue weighted by Gasteiger charge is -2.17. The number of hydrogen-bond acceptors (Lipinski definition) is 1. The molecule has 0 saturated carbocycles. The van der Waals surface area contributed by atoms with Crippen molar-refractivity contribution in [1.82, 2.24) is 0 Å². The molecule has 0 N–H and O–H groups in total. The Labute approximate surface area is 141 Å². The van der Waals surface area contributed by atoms with Crippen LogP contribution in [0.15, 0.2) is 39.3 Å². The molecule has 4 heteroatoms. The van der Waals surface area contributed by atoms with Crippen molar-refractivity contribution in [3.63, 3.8) is 0 Å². The van der Waals surface area contributed by atoms with Gasteiger partial charge in [-0.15, -0.1) is 11.6 Å². The summed E-state index contributed by atoms with van der Waals surface area (Å²) in [6.07, 6.45) is 0. The zero-order valence-corrected chi connectivity index (χ0v) is 15.4. The predicted octanol–water partition coefficient (Wildman–Crippen LogP) is 6.17. The van der Waals surface area contributed by atoms with E-state index in [1.807, 2.05) is 25.1 Å². The van der Waals surface area contributed by atoms with Crippen molar-refractivity contribution in [3.8, 4) is 5.75 Å². The second kappa shape index (κ2) is 6.50. The smallest absolute Gasteiger partial charge is 0.124 e. The molecule has 1 unspecified atom stereocenters. The standard InChI is InChI=1S/C16H15Br2ClO/c1-9-4-5-13(17)11(6-9)16(19)12-8-14(18)10(2)7-15(12)20-3/h4-8,16H,1-3H3. The molecule has 0 aliphatic rings. The minimum atomic E-state index is -0.267. The molecule has 106 valence electrons. The van der Waals surface area contributed by atoms with Gasteiger partial charge in [0, 0.05) is 14.5 Å². The van der Waals surface area contributed by atoms with Crippen molar-refractivity contribution in [2.45, 2.75) is 19.2 Å². The molecular weight excluding hydrogens is 403 g/mol. The molecule has 0 aromatic heterocycles. The third kappa shape index (κ3) is 3.21. The summed E-state index contributed by atoms with van der Waals surface area (Å²) in [4.78, 5) is 0. The van der Waals surface area contributed by atoms with Crippen LogP contribution < -0.4 is 4.74 Å². The van der Waals surface area contributed by atoms with Gasteiger partial charge in [0.1, 0.15) is 5.75 Å². The summed E-state index contributed by atoms with van der Waals surface area (Å²) in [7, 11) is 1.67. The van der Waals surface area contributed by atoms with E-state index in [9.17, 15) is 0 Å². The molecule has 1 nitrogen and oxygen atoms in total. The molecular formula is C16H15Br2ClO. The van der Waals surface area contributed by atoms with Crippen LogP contribution in [0.1, 0.15) is 27.6 Å². The van der Waals surface area contributed by atoms with Crippen LogP contribution in [0, 0.1) is 13.8 Å². The third-order valence-electron chi connectivity index (χ3n) is 3.21. The molecule has 0 heterocycles. The highest BCUT2D eigenvalue weighted by molar-refractivity contribution is 9.10. The van der Waals surface area contributed by atoms with E-state index in [1.165, 1.54) is 5.56 Å². The molecule has 2 rings (SSSR count). The Morgan fingerprint density at radius 3 is 2.35 bits per heavy atom. The molecule has 1 atom stereocenters. The number of ether oxygens (including phenoxy) is 1. The Morgan fingerprint density at radius 1 is 1.00 bits per heavy atom. The van der Waals surface area contributed by atoms with Gasteiger partial charge >= 0.3 is 0 Å². The monoisotopic (exact) mass is 416 g/mol. The number of methoxy groups -OCH3 is 1. The first kappa shape index (κ1) is 15.9. The van der Waals surface area contributed by atoms with Gasteiger partial charge in [0.05, 0.1) is 12.5 Å². The molecule has 0 amide bonds. The fraction of sp³-hybridized carbons (Fsp3) is 0.250. The average Bonchev–Trinajstić information content (AvgIpc) is 2.43. The van der Waals surface area contributed by atoms with Crippen LogP contribution in [0.25, 0.3) is 0 Å². The first-order valence-electron chi connectivity index (χ1n) is 6.18. The van der Waals surface area contributed by atoms with Gasteiger partial charge in [0.2, 0.25) is 0 Å². The van der Waals surface area contributed by atoms with Crippen LogP contribution in [0.4, 0.5) is 0 Å². The van der Waals surface area contributed by atoms with Crippen LogP contribution in [0.3, 0.4) is 0 Å². The first-order chi connectivity index (χ1) is 9.43. The lowest BCUT2D eigenvalue weighted by molar-refractivity contribution is 0.409. The van der Waals surface area contributed by atoms with Gasteiger partial charge in [0.15, 0.2) is 0 Å². The molecule has 0 aliphatic heterocycles. The topological polar surface area (TPSA) is 9.23 Å². The number of halogens is 3. The zero-order valence-electron chi connectivity index (χ0n) is 11.5. The van der Waals surface area contributed by atoms with Crippen molar-refractivity contribution in [2.75, 3.05) is 7.11 Å². The van der Waals surface area contributed by atoms with E-state index in [-0.39, 0.29) is 5.38 Å². The molecule has 0 radical (unpaired) electrons. The minimum absolute atomic E-state index is 0.267. The van der Waals surface area contributed by atoms with Gasteiger partial charge in [-0.2, -0.15) is 0 Å². The van der Waals surface area contributed by atoms with E-state index in [0.29, 0.717) is 0 Å². The highest BCUT2D eigenvalue weighted by Gasteiger charge is 2.19. The Hall–Kier alpha value is -0.510. The predicted molar refractivity (Wildman–Crippen MR) is 92.0 cm³/mol. The highest BCUT2D eigenvalue weighted by Crippen LogP contribution is 2.40. The summed E-state index contributed by atoms with van der Waals surface area (Å²) in [5.74, 6) is 0.805. The minimum Gasteiger partial charge on any atom is -0.496 e. The summed E-state index contributed by atoms with van der Waals surface area (Å²) in [6, 6.07) is 10.2. The molecule has 0 saturated heterocycles. The van der Waals surface area contributed by atoms with Crippen molar-refractivity contribution >= 4 is 43.5 Å². The van der Waals surface area contributed by atoms with E-state index in [4.69, 9.17) is 16.3 Å². The van der Waals surface area contributed by atoms with Gasteiger partial charge in [-0.1, -0.05) is 49.6 Å². The van der Waals surface area contributed by atoms with Crippen LogP contribution in [-0.2, 0) is 0 Å². The maximum atomic E-state index is 6.69. The Balaban J connectivity index is 2.55. The number of alkyl halides is 1. The van der Waals surface area contributed by atoms with E-state index >= 15 is 0 Å². The van der Waals surface area contributed by atoms with Crippen molar-refractivity contribution < 1.29 is 4.74 Å². The van der Waals surface area contributed by atoms with E-state index < -0.39 is 0 Å². The second-order valence-electron chi connectivity index (χ2n) is 4.73. The molecule has 0 bridgehead atoms. The van der Waals surface area contributed by atoms with Crippen LogP contribution in [0.2, 0.25) is 0 Å². The second-order valence-corrected chi connectivity index (χ2v) is 6.88. The maximum absolute atomic E-state index is 6.69. The summed E-state index contributed by atoms with van der Waals surface area (Å²) >= 11 is 13.8. The Kier molecular flexibility index (Phi) is 5.16. The van der Waals surface area contributed by atoms with Gasteiger partial charge in [0.25, 0.3) is 0 Å². The van der Waals surface area contributed by atoms with Crippen molar-refractivity contribution in [1.29, 1.82) is 0 Å². The lowest BCUT2D eigenvalue weighted by atomic mass is 10.0. The van der Waals surface area contributed by atoms with E-state index in [2.05, 4.69) is 50.9 Å². The Bertz CT molecular complexity index is 641. The summed E-state index contributed by atoms with van der Waals surface area (Å²) in [5, 5.41) is -0.267. The quantitative estimate of drug-likeness (QED) is 0.542. The van der Waals surface area contributed by atoms with Gasteiger partial charge in [-0.3, -0.25) is 0 Å². The highest BCUT2D eigenvalue weighted by atomic mass is 79.9.